The van der Waals surface area contributed by atoms with Gasteiger partial charge in [0.05, 0.1) is 7.11 Å². The van der Waals surface area contributed by atoms with E-state index in [0.717, 1.165) is 5.75 Å². The Bertz CT molecular complexity index is 431. The van der Waals surface area contributed by atoms with E-state index in [0.29, 0.717) is 12.1 Å². The third-order valence-corrected chi connectivity index (χ3v) is 3.88. The average molecular weight is 229 g/mol. The van der Waals surface area contributed by atoms with E-state index >= 15 is 0 Å². The number of ether oxygens (including phenoxy) is 1. The van der Waals surface area contributed by atoms with E-state index < -0.39 is 0 Å². The largest absolute Gasteiger partial charge is 0.497 e. The lowest BCUT2D eigenvalue weighted by Crippen LogP contribution is -2.29. The highest BCUT2D eigenvalue weighted by Gasteiger charge is 2.25. The van der Waals surface area contributed by atoms with Crippen molar-refractivity contribution >= 4 is 0 Å². The first-order valence-electron chi connectivity index (χ1n) is 6.44. The summed E-state index contributed by atoms with van der Waals surface area (Å²) in [6, 6.07) is 7.63. The topological polar surface area (TPSA) is 21.3 Å². The van der Waals surface area contributed by atoms with E-state index in [1.807, 2.05) is 0 Å². The van der Waals surface area contributed by atoms with E-state index in [2.05, 4.69) is 35.7 Å². The third kappa shape index (κ3) is 2.09. The number of hydrogen-bond acceptors (Lipinski definition) is 2. The summed E-state index contributed by atoms with van der Waals surface area (Å²) in [6.45, 7) is 0. The van der Waals surface area contributed by atoms with E-state index in [-0.39, 0.29) is 0 Å². The fourth-order valence-corrected chi connectivity index (χ4v) is 2.92. The van der Waals surface area contributed by atoms with Gasteiger partial charge in [0.1, 0.15) is 5.75 Å². The molecule has 0 saturated heterocycles. The van der Waals surface area contributed by atoms with Crippen LogP contribution >= 0.6 is 0 Å². The number of fused-ring (bicyclic) bond motifs is 1. The second kappa shape index (κ2) is 4.53. The molecular weight excluding hydrogens is 210 g/mol. The molecular formula is C15H19NO. The first kappa shape index (κ1) is 10.8. The van der Waals surface area contributed by atoms with Crippen LogP contribution in [0.15, 0.2) is 30.4 Å². The lowest BCUT2D eigenvalue weighted by atomic mass is 10.1. The minimum absolute atomic E-state index is 0.519. The summed E-state index contributed by atoms with van der Waals surface area (Å²) in [5.74, 6) is 0.974. The highest BCUT2D eigenvalue weighted by atomic mass is 16.5. The van der Waals surface area contributed by atoms with Gasteiger partial charge in [0.25, 0.3) is 0 Å². The molecule has 0 aromatic heterocycles. The lowest BCUT2D eigenvalue weighted by molar-refractivity contribution is 0.411. The van der Waals surface area contributed by atoms with Gasteiger partial charge in [-0.05, 0) is 48.9 Å². The molecule has 0 radical (unpaired) electrons. The molecule has 0 saturated carbocycles. The summed E-state index contributed by atoms with van der Waals surface area (Å²) < 4.78 is 5.32. The monoisotopic (exact) mass is 229 g/mol. The van der Waals surface area contributed by atoms with Crippen LogP contribution in [0, 0.1) is 0 Å². The van der Waals surface area contributed by atoms with Crippen molar-refractivity contribution in [1.82, 2.24) is 5.32 Å². The van der Waals surface area contributed by atoms with Gasteiger partial charge in [0.2, 0.25) is 0 Å². The summed E-state index contributed by atoms with van der Waals surface area (Å²) in [5.41, 5.74) is 2.92. The van der Waals surface area contributed by atoms with Crippen molar-refractivity contribution < 1.29 is 4.74 Å². The molecule has 0 spiro atoms. The zero-order valence-corrected chi connectivity index (χ0v) is 10.3. The SMILES string of the molecule is COc1ccc2c(c1)C(NC1CC=CC1)CC2. The van der Waals surface area contributed by atoms with E-state index in [1.165, 1.54) is 36.8 Å². The Morgan fingerprint density at radius 3 is 2.82 bits per heavy atom. The van der Waals surface area contributed by atoms with Gasteiger partial charge in [-0.2, -0.15) is 0 Å². The maximum absolute atomic E-state index is 5.32. The molecule has 2 aliphatic carbocycles. The fourth-order valence-electron chi connectivity index (χ4n) is 2.92. The number of rotatable bonds is 3. The Labute approximate surface area is 103 Å². The summed E-state index contributed by atoms with van der Waals surface area (Å²) in [6.07, 6.45) is 9.32. The molecule has 0 fully saturated rings. The summed E-state index contributed by atoms with van der Waals surface area (Å²) >= 11 is 0. The van der Waals surface area contributed by atoms with Gasteiger partial charge < -0.3 is 10.1 Å². The van der Waals surface area contributed by atoms with Crippen LogP contribution in [0.1, 0.15) is 36.4 Å². The highest BCUT2D eigenvalue weighted by Crippen LogP contribution is 2.34. The summed E-state index contributed by atoms with van der Waals surface area (Å²) in [7, 11) is 1.74. The minimum atomic E-state index is 0.519. The van der Waals surface area contributed by atoms with Gasteiger partial charge in [-0.15, -0.1) is 0 Å². The number of benzene rings is 1. The number of methoxy groups -OCH3 is 1. The van der Waals surface area contributed by atoms with Crippen molar-refractivity contribution in [3.8, 4) is 5.75 Å². The predicted molar refractivity (Wildman–Crippen MR) is 69.4 cm³/mol. The number of hydrogen-bond donors (Lipinski definition) is 1. The molecule has 0 amide bonds. The van der Waals surface area contributed by atoms with Gasteiger partial charge in [-0.1, -0.05) is 18.2 Å². The quantitative estimate of drug-likeness (QED) is 0.804. The van der Waals surface area contributed by atoms with Crippen LogP contribution in [-0.4, -0.2) is 13.2 Å². The summed E-state index contributed by atoms with van der Waals surface area (Å²) in [5, 5.41) is 3.77. The molecule has 0 aliphatic heterocycles. The van der Waals surface area contributed by atoms with Crippen molar-refractivity contribution in [3.63, 3.8) is 0 Å². The molecule has 1 aromatic rings. The molecule has 1 N–H and O–H groups in total. The Balaban J connectivity index is 1.77. The normalized spacial score (nSPS) is 23.0. The van der Waals surface area contributed by atoms with Crippen molar-refractivity contribution in [1.29, 1.82) is 0 Å². The van der Waals surface area contributed by atoms with Crippen LogP contribution in [0.25, 0.3) is 0 Å². The molecule has 17 heavy (non-hydrogen) atoms. The molecule has 2 nitrogen and oxygen atoms in total. The minimum Gasteiger partial charge on any atom is -0.497 e. The Kier molecular flexibility index (Phi) is 2.89. The van der Waals surface area contributed by atoms with Crippen LogP contribution in [0.3, 0.4) is 0 Å². The van der Waals surface area contributed by atoms with Gasteiger partial charge in [-0.25, -0.2) is 0 Å². The standard InChI is InChI=1S/C15H19NO/c1-17-13-8-6-11-7-9-15(14(11)10-13)16-12-4-2-3-5-12/h2-3,6,8,10,12,15-16H,4-5,7,9H2,1H3. The van der Waals surface area contributed by atoms with Gasteiger partial charge in [-0.3, -0.25) is 0 Å². The van der Waals surface area contributed by atoms with Crippen LogP contribution < -0.4 is 10.1 Å². The second-order valence-electron chi connectivity index (χ2n) is 4.96. The second-order valence-corrected chi connectivity index (χ2v) is 4.96. The fraction of sp³-hybridized carbons (Fsp3) is 0.467. The van der Waals surface area contributed by atoms with Crippen molar-refractivity contribution in [2.45, 2.75) is 37.8 Å². The zero-order chi connectivity index (χ0) is 11.7. The van der Waals surface area contributed by atoms with Crippen LogP contribution in [0.2, 0.25) is 0 Å². The first-order valence-corrected chi connectivity index (χ1v) is 6.44. The highest BCUT2D eigenvalue weighted by molar-refractivity contribution is 5.40. The van der Waals surface area contributed by atoms with Gasteiger partial charge in [0, 0.05) is 12.1 Å². The molecule has 0 bridgehead atoms. The van der Waals surface area contributed by atoms with Crippen LogP contribution in [0.5, 0.6) is 5.75 Å². The van der Waals surface area contributed by atoms with E-state index in [4.69, 9.17) is 4.74 Å². The molecule has 2 aliphatic rings. The van der Waals surface area contributed by atoms with Gasteiger partial charge in [0.15, 0.2) is 0 Å². The molecule has 3 rings (SSSR count). The number of aryl methyl sites for hydroxylation is 1. The third-order valence-electron chi connectivity index (χ3n) is 3.88. The van der Waals surface area contributed by atoms with Crippen molar-refractivity contribution in [2.75, 3.05) is 7.11 Å². The average Bonchev–Trinajstić information content (AvgIpc) is 2.99. The van der Waals surface area contributed by atoms with E-state index in [1.54, 1.807) is 7.11 Å². The van der Waals surface area contributed by atoms with Gasteiger partial charge >= 0.3 is 0 Å². The molecule has 2 heteroatoms. The predicted octanol–water partition coefficient (Wildman–Crippen LogP) is 2.99. The van der Waals surface area contributed by atoms with Crippen molar-refractivity contribution in [3.05, 3.63) is 41.5 Å². The maximum Gasteiger partial charge on any atom is 0.119 e. The van der Waals surface area contributed by atoms with Crippen LogP contribution in [0.4, 0.5) is 0 Å². The van der Waals surface area contributed by atoms with Crippen LogP contribution in [-0.2, 0) is 6.42 Å². The Hall–Kier alpha value is -1.28. The Morgan fingerprint density at radius 1 is 1.24 bits per heavy atom. The molecule has 90 valence electrons. The number of nitrogens with one attached hydrogen (secondary N) is 1. The zero-order valence-electron chi connectivity index (χ0n) is 10.3. The first-order chi connectivity index (χ1) is 8.36. The molecule has 0 heterocycles. The van der Waals surface area contributed by atoms with E-state index in [9.17, 15) is 0 Å². The maximum atomic E-state index is 5.32. The van der Waals surface area contributed by atoms with Crippen molar-refractivity contribution in [2.24, 2.45) is 0 Å². The summed E-state index contributed by atoms with van der Waals surface area (Å²) in [4.78, 5) is 0. The smallest absolute Gasteiger partial charge is 0.119 e. The lowest BCUT2D eigenvalue weighted by Gasteiger charge is -2.20. The molecule has 1 atom stereocenters. The molecule has 1 aromatic carbocycles. The molecule has 1 unspecified atom stereocenters. The Morgan fingerprint density at radius 2 is 2.06 bits per heavy atom.